The van der Waals surface area contributed by atoms with Crippen LogP contribution in [0.15, 0.2) is 130 Å². The van der Waals surface area contributed by atoms with E-state index < -0.39 is 0 Å². The number of benzene rings is 4. The minimum absolute atomic E-state index is 0. The minimum atomic E-state index is 0. The molecule has 0 spiro atoms. The fourth-order valence-corrected chi connectivity index (χ4v) is 3.12. The van der Waals surface area contributed by atoms with Gasteiger partial charge in [0.25, 0.3) is 0 Å². The summed E-state index contributed by atoms with van der Waals surface area (Å²) >= 11 is 10.3. The normalized spacial score (nSPS) is 11.6. The second-order valence-electron chi connectivity index (χ2n) is 7.15. The first-order valence-electron chi connectivity index (χ1n) is 10.8. The van der Waals surface area contributed by atoms with Crippen molar-refractivity contribution in [3.05, 3.63) is 131 Å². The minimum Gasteiger partial charge on any atom is -0.758 e. The van der Waals surface area contributed by atoms with Crippen molar-refractivity contribution < 1.29 is 26.7 Å². The van der Waals surface area contributed by atoms with Gasteiger partial charge >= 0.3 is 16.5 Å². The van der Waals surface area contributed by atoms with Crippen molar-refractivity contribution in [1.29, 1.82) is 0 Å². The average Bonchev–Trinajstić information content (AvgIpc) is 2.92. The number of hydrogen-bond acceptors (Lipinski definition) is 8. The fraction of sp³-hybridized carbons (Fsp3) is 0. The van der Waals surface area contributed by atoms with Crippen LogP contribution in [0.2, 0.25) is 0 Å². The van der Waals surface area contributed by atoms with Gasteiger partial charge in [-0.1, -0.05) is 95.0 Å². The van der Waals surface area contributed by atoms with Crippen molar-refractivity contribution in [2.45, 2.75) is 0 Å². The Labute approximate surface area is 237 Å². The Morgan fingerprint density at radius 3 is 1.19 bits per heavy atom. The molecule has 0 saturated heterocycles. The van der Waals surface area contributed by atoms with Crippen LogP contribution in [0.3, 0.4) is 0 Å². The summed E-state index contributed by atoms with van der Waals surface area (Å²) in [6.45, 7) is 0. The molecule has 37 heavy (non-hydrogen) atoms. The molecule has 0 radical (unpaired) electrons. The van der Waals surface area contributed by atoms with Crippen molar-refractivity contribution in [3.8, 4) is 11.5 Å². The summed E-state index contributed by atoms with van der Waals surface area (Å²) < 4.78 is 0. The van der Waals surface area contributed by atoms with Gasteiger partial charge in [0.05, 0.1) is 12.4 Å². The number of para-hydroxylation sites is 2. The second kappa shape index (κ2) is 16.0. The van der Waals surface area contributed by atoms with E-state index in [0.717, 1.165) is 11.1 Å². The molecule has 188 valence electrons. The quantitative estimate of drug-likeness (QED) is 0.107. The van der Waals surface area contributed by atoms with Gasteiger partial charge in [0.2, 0.25) is 0 Å². The van der Waals surface area contributed by atoms with Crippen LogP contribution in [-0.4, -0.2) is 32.7 Å². The Bertz CT molecular complexity index is 1270. The smallest absolute Gasteiger partial charge is 0.758 e. The summed E-state index contributed by atoms with van der Waals surface area (Å²) in [5.41, 5.74) is 2.91. The largest absolute Gasteiger partial charge is 2.00 e. The van der Waals surface area contributed by atoms with Crippen LogP contribution >= 0.6 is 0 Å². The van der Waals surface area contributed by atoms with Gasteiger partial charge in [-0.15, -0.1) is 0 Å². The summed E-state index contributed by atoms with van der Waals surface area (Å²) in [4.78, 5) is 0. The van der Waals surface area contributed by atoms with Crippen molar-refractivity contribution in [1.82, 2.24) is 0 Å². The van der Waals surface area contributed by atoms with Crippen LogP contribution in [0.25, 0.3) is 0 Å². The molecule has 0 aromatic heterocycles. The van der Waals surface area contributed by atoms with E-state index in [1.165, 1.54) is 12.4 Å². The van der Waals surface area contributed by atoms with Gasteiger partial charge in [0.15, 0.2) is 0 Å². The molecule has 0 aliphatic carbocycles. The van der Waals surface area contributed by atoms with Gasteiger partial charge < -0.3 is 35.5 Å². The third-order valence-electron chi connectivity index (χ3n) is 4.61. The number of nitrogens with zero attached hydrogens (tertiary/aromatic N) is 4. The number of aromatic hydroxyl groups is 2. The van der Waals surface area contributed by atoms with Gasteiger partial charge in [0, 0.05) is 11.1 Å². The molecule has 0 unspecified atom stereocenters. The van der Waals surface area contributed by atoms with Gasteiger partial charge in [-0.05, 0) is 35.4 Å². The zero-order valence-electron chi connectivity index (χ0n) is 19.4. The molecule has 0 amide bonds. The molecule has 4 aromatic carbocycles. The number of hydrogen-bond donors (Lipinski definition) is 2. The molecule has 4 rings (SSSR count). The first-order chi connectivity index (χ1) is 17.5. The van der Waals surface area contributed by atoms with Gasteiger partial charge in [0.1, 0.15) is 11.5 Å². The maximum atomic E-state index is 9.53. The Morgan fingerprint density at radius 1 is 0.514 bits per heavy atom. The topological polar surface area (TPSA) is 89.9 Å². The summed E-state index contributed by atoms with van der Waals surface area (Å²) in [6, 6.07) is 32.7. The monoisotopic (exact) mass is 568 g/mol. The third-order valence-corrected chi connectivity index (χ3v) is 5.24. The zero-order valence-corrected chi connectivity index (χ0v) is 22.0. The van der Waals surface area contributed by atoms with Crippen LogP contribution in [-0.2, 0) is 41.7 Å². The van der Waals surface area contributed by atoms with E-state index in [1.54, 1.807) is 36.4 Å². The van der Waals surface area contributed by atoms with Crippen molar-refractivity contribution >= 4 is 47.8 Å². The molecule has 0 saturated carbocycles. The Balaban J connectivity index is 0.000000253. The van der Waals surface area contributed by atoms with Gasteiger partial charge in [-0.2, -0.15) is 20.4 Å². The second-order valence-corrected chi connectivity index (χ2v) is 7.92. The molecule has 9 heteroatoms. The maximum Gasteiger partial charge on any atom is 2.00 e. The summed E-state index contributed by atoms with van der Waals surface area (Å²) in [5.74, 6) is 0.337. The summed E-state index contributed by atoms with van der Waals surface area (Å²) in [7, 11) is 0. The predicted molar refractivity (Wildman–Crippen MR) is 152 cm³/mol. The van der Waals surface area contributed by atoms with E-state index in [0.29, 0.717) is 21.2 Å². The van der Waals surface area contributed by atoms with Crippen LogP contribution in [0.4, 0.5) is 0 Å². The van der Waals surface area contributed by atoms with E-state index in [2.05, 4.69) is 20.4 Å². The van der Waals surface area contributed by atoms with E-state index in [1.807, 2.05) is 72.8 Å². The van der Waals surface area contributed by atoms with E-state index in [4.69, 9.17) is 25.3 Å². The fourth-order valence-electron chi connectivity index (χ4n) is 2.76. The number of phenolic OH excluding ortho intramolecular Hbond substituents is 2. The number of phenols is 2. The van der Waals surface area contributed by atoms with E-state index in [-0.39, 0.29) is 28.0 Å². The first kappa shape index (κ1) is 29.3. The molecule has 0 aliphatic rings. The molecule has 0 atom stereocenters. The van der Waals surface area contributed by atoms with E-state index in [9.17, 15) is 10.2 Å². The molecule has 2 N–H and O–H groups in total. The Kier molecular flexibility index (Phi) is 12.6. The molecular weight excluding hydrogens is 547 g/mol. The molecule has 0 heterocycles. The van der Waals surface area contributed by atoms with Crippen molar-refractivity contribution in [2.24, 2.45) is 20.4 Å². The molecule has 4 aromatic rings. The SMILES string of the molecule is Oc1ccccc1/C=N\N=C(/[S-])c1ccccc1.Oc1ccccc1/C=N\N=C(/[S-])c1ccccc1.[Ni+2]. The van der Waals surface area contributed by atoms with Crippen LogP contribution in [0.5, 0.6) is 11.5 Å². The van der Waals surface area contributed by atoms with Gasteiger partial charge in [-0.3, -0.25) is 0 Å². The molecule has 6 nitrogen and oxygen atoms in total. The maximum absolute atomic E-state index is 9.53. The molecule has 0 aliphatic heterocycles. The number of rotatable bonds is 6. The van der Waals surface area contributed by atoms with Crippen LogP contribution < -0.4 is 0 Å². The zero-order chi connectivity index (χ0) is 25.6. The molecule has 0 bridgehead atoms. The summed E-state index contributed by atoms with van der Waals surface area (Å²) in [5, 5.41) is 35.5. The van der Waals surface area contributed by atoms with Crippen LogP contribution in [0, 0.1) is 0 Å². The summed E-state index contributed by atoms with van der Waals surface area (Å²) in [6.07, 6.45) is 2.95. The molecule has 0 fully saturated rings. The third kappa shape index (κ3) is 9.93. The first-order valence-corrected chi connectivity index (χ1v) is 11.6. The van der Waals surface area contributed by atoms with Gasteiger partial charge in [-0.25, -0.2) is 0 Å². The van der Waals surface area contributed by atoms with E-state index >= 15 is 0 Å². The Morgan fingerprint density at radius 2 is 0.838 bits per heavy atom. The standard InChI is InChI=1S/2C14H12N2OS.Ni/c2*17-13-9-5-4-8-12(13)10-15-16-14(18)11-6-2-1-3-7-11;/h2*1-10,17H,(H,16,18);/q;;+2/p-2/b2*15-10-;. The Hall–Kier alpha value is -3.91. The van der Waals surface area contributed by atoms with Crippen molar-refractivity contribution in [3.63, 3.8) is 0 Å². The van der Waals surface area contributed by atoms with Crippen LogP contribution in [0.1, 0.15) is 22.3 Å². The predicted octanol–water partition coefficient (Wildman–Crippen LogP) is 5.44. The molecular formula is C28H22N4NiO2S2. The van der Waals surface area contributed by atoms with Crippen molar-refractivity contribution in [2.75, 3.05) is 0 Å². The average molecular weight is 569 g/mol.